The van der Waals surface area contributed by atoms with Gasteiger partial charge in [0.25, 0.3) is 0 Å². The fourth-order valence-corrected chi connectivity index (χ4v) is 2.88. The number of anilines is 2. The molecule has 3 aromatic rings. The molecule has 8 heteroatoms. The van der Waals surface area contributed by atoms with Crippen LogP contribution in [0, 0.1) is 11.3 Å². The lowest BCUT2D eigenvalue weighted by Gasteiger charge is -2.15. The Bertz CT molecular complexity index is 1020. The maximum atomic E-state index is 9.49. The number of pyridine rings is 1. The first-order chi connectivity index (χ1) is 12.6. The second kappa shape index (κ2) is 8.67. The summed E-state index contributed by atoms with van der Waals surface area (Å²) in [6.45, 7) is 0. The monoisotopic (exact) mass is 405 g/mol. The molecule has 1 N–H and O–H groups in total. The summed E-state index contributed by atoms with van der Waals surface area (Å²) >= 11 is 6.20. The molecule has 0 spiro atoms. The first-order valence-corrected chi connectivity index (χ1v) is 8.04. The lowest BCUT2D eigenvalue weighted by Crippen LogP contribution is -1.99. The SMILES string of the molecule is COc1ccc(Nc2c(C#N)cnc3cc(OC)c(OC)cc23)cc1Cl.Cl. The highest BCUT2D eigenvalue weighted by Gasteiger charge is 2.14. The van der Waals surface area contributed by atoms with E-state index in [0.29, 0.717) is 39.0 Å². The van der Waals surface area contributed by atoms with Crippen molar-refractivity contribution in [3.8, 4) is 23.3 Å². The molecule has 0 radical (unpaired) electrons. The van der Waals surface area contributed by atoms with Crippen LogP contribution in [0.15, 0.2) is 36.5 Å². The number of nitrogens with one attached hydrogen (secondary N) is 1. The minimum Gasteiger partial charge on any atom is -0.495 e. The van der Waals surface area contributed by atoms with Crippen molar-refractivity contribution in [1.82, 2.24) is 4.98 Å². The molecule has 0 aliphatic rings. The summed E-state index contributed by atoms with van der Waals surface area (Å²) in [6.07, 6.45) is 1.52. The smallest absolute Gasteiger partial charge is 0.162 e. The third kappa shape index (κ3) is 3.95. The van der Waals surface area contributed by atoms with Crippen molar-refractivity contribution in [2.24, 2.45) is 0 Å². The van der Waals surface area contributed by atoms with E-state index in [-0.39, 0.29) is 12.4 Å². The van der Waals surface area contributed by atoms with Crippen LogP contribution in [0.5, 0.6) is 17.2 Å². The number of ether oxygens (including phenoxy) is 3. The molecule has 6 nitrogen and oxygen atoms in total. The first-order valence-electron chi connectivity index (χ1n) is 7.66. The number of nitriles is 1. The molecule has 0 atom stereocenters. The van der Waals surface area contributed by atoms with Gasteiger partial charge in [-0.1, -0.05) is 11.6 Å². The van der Waals surface area contributed by atoms with Crippen molar-refractivity contribution in [1.29, 1.82) is 5.26 Å². The Morgan fingerprint density at radius 3 is 2.26 bits per heavy atom. The number of methoxy groups -OCH3 is 3. The maximum absolute atomic E-state index is 9.49. The normalized spacial score (nSPS) is 9.89. The Kier molecular flexibility index (Phi) is 6.56. The number of halogens is 2. The third-order valence-corrected chi connectivity index (χ3v) is 4.21. The quantitative estimate of drug-likeness (QED) is 0.646. The minimum atomic E-state index is 0. The molecule has 1 aromatic heterocycles. The molecule has 3 rings (SSSR count). The van der Waals surface area contributed by atoms with E-state index >= 15 is 0 Å². The average Bonchev–Trinajstić information content (AvgIpc) is 2.67. The Hall–Kier alpha value is -2.88. The highest BCUT2D eigenvalue weighted by molar-refractivity contribution is 6.32. The number of hydrogen-bond acceptors (Lipinski definition) is 6. The van der Waals surface area contributed by atoms with Crippen molar-refractivity contribution in [2.45, 2.75) is 0 Å². The number of rotatable bonds is 5. The van der Waals surface area contributed by atoms with Gasteiger partial charge < -0.3 is 19.5 Å². The molecule has 0 saturated heterocycles. The number of fused-ring (bicyclic) bond motifs is 1. The molecule has 0 fully saturated rings. The predicted octanol–water partition coefficient (Wildman–Crippen LogP) is 4.95. The number of benzene rings is 2. The van der Waals surface area contributed by atoms with Crippen molar-refractivity contribution >= 4 is 46.3 Å². The molecular formula is C19H17Cl2N3O3. The molecule has 27 heavy (non-hydrogen) atoms. The van der Waals surface area contributed by atoms with Crippen LogP contribution >= 0.6 is 24.0 Å². The summed E-state index contributed by atoms with van der Waals surface area (Å²) in [5, 5.41) is 13.9. The van der Waals surface area contributed by atoms with Gasteiger partial charge in [0.2, 0.25) is 0 Å². The van der Waals surface area contributed by atoms with Crippen LogP contribution in [0.2, 0.25) is 5.02 Å². The summed E-state index contributed by atoms with van der Waals surface area (Å²) in [5.74, 6) is 1.69. The fourth-order valence-electron chi connectivity index (χ4n) is 2.63. The molecule has 2 aromatic carbocycles. The summed E-state index contributed by atoms with van der Waals surface area (Å²) in [5.41, 5.74) is 2.40. The molecule has 0 saturated carbocycles. The van der Waals surface area contributed by atoms with Crippen molar-refractivity contribution in [2.75, 3.05) is 26.6 Å². The van der Waals surface area contributed by atoms with Gasteiger partial charge in [0, 0.05) is 23.3 Å². The van der Waals surface area contributed by atoms with E-state index in [1.54, 1.807) is 45.6 Å². The molecular weight excluding hydrogens is 389 g/mol. The predicted molar refractivity (Wildman–Crippen MR) is 108 cm³/mol. The van der Waals surface area contributed by atoms with Crippen LogP contribution in [0.3, 0.4) is 0 Å². The van der Waals surface area contributed by atoms with Gasteiger partial charge in [-0.15, -0.1) is 12.4 Å². The van der Waals surface area contributed by atoms with E-state index in [1.807, 2.05) is 6.07 Å². The molecule has 140 valence electrons. The topological polar surface area (TPSA) is 76.4 Å². The number of hydrogen-bond donors (Lipinski definition) is 1. The molecule has 0 aliphatic carbocycles. The Labute approximate surface area is 168 Å². The van der Waals surface area contributed by atoms with E-state index in [2.05, 4.69) is 16.4 Å². The summed E-state index contributed by atoms with van der Waals surface area (Å²) < 4.78 is 15.9. The Morgan fingerprint density at radius 2 is 1.67 bits per heavy atom. The summed E-state index contributed by atoms with van der Waals surface area (Å²) in [7, 11) is 4.67. The molecule has 0 unspecified atom stereocenters. The summed E-state index contributed by atoms with van der Waals surface area (Å²) in [6, 6.07) is 11.0. The van der Waals surface area contributed by atoms with E-state index in [9.17, 15) is 5.26 Å². The van der Waals surface area contributed by atoms with Crippen molar-refractivity contribution in [3.05, 3.63) is 47.1 Å². The van der Waals surface area contributed by atoms with E-state index < -0.39 is 0 Å². The van der Waals surface area contributed by atoms with Gasteiger partial charge in [-0.25, -0.2) is 0 Å². The molecule has 0 amide bonds. The Balaban J connectivity index is 0.00000261. The third-order valence-electron chi connectivity index (χ3n) is 3.91. The second-order valence-electron chi connectivity index (χ2n) is 5.36. The van der Waals surface area contributed by atoms with Gasteiger partial charge in [-0.2, -0.15) is 5.26 Å². The van der Waals surface area contributed by atoms with Crippen LogP contribution < -0.4 is 19.5 Å². The maximum Gasteiger partial charge on any atom is 0.162 e. The molecule has 0 bridgehead atoms. The van der Waals surface area contributed by atoms with Crippen LogP contribution in [-0.4, -0.2) is 26.3 Å². The lowest BCUT2D eigenvalue weighted by molar-refractivity contribution is 0.356. The van der Waals surface area contributed by atoms with Crippen LogP contribution in [-0.2, 0) is 0 Å². The van der Waals surface area contributed by atoms with Gasteiger partial charge in [-0.05, 0) is 24.3 Å². The van der Waals surface area contributed by atoms with E-state index in [0.717, 1.165) is 11.1 Å². The van der Waals surface area contributed by atoms with Gasteiger partial charge in [-0.3, -0.25) is 4.98 Å². The number of nitrogens with zero attached hydrogens (tertiary/aromatic N) is 2. The zero-order chi connectivity index (χ0) is 18.7. The van der Waals surface area contributed by atoms with Crippen LogP contribution in [0.25, 0.3) is 10.9 Å². The molecule has 1 heterocycles. The zero-order valence-electron chi connectivity index (χ0n) is 14.9. The minimum absolute atomic E-state index is 0. The van der Waals surface area contributed by atoms with Gasteiger partial charge in [0.1, 0.15) is 11.8 Å². The van der Waals surface area contributed by atoms with Crippen molar-refractivity contribution < 1.29 is 14.2 Å². The van der Waals surface area contributed by atoms with Gasteiger partial charge in [0.15, 0.2) is 11.5 Å². The van der Waals surface area contributed by atoms with Crippen LogP contribution in [0.1, 0.15) is 5.56 Å². The second-order valence-corrected chi connectivity index (χ2v) is 5.76. The van der Waals surface area contributed by atoms with E-state index in [1.165, 1.54) is 6.20 Å². The fraction of sp³-hybridized carbons (Fsp3) is 0.158. The number of aromatic nitrogens is 1. The van der Waals surface area contributed by atoms with Gasteiger partial charge in [0.05, 0.1) is 43.1 Å². The Morgan fingerprint density at radius 1 is 1.00 bits per heavy atom. The highest BCUT2D eigenvalue weighted by atomic mass is 35.5. The highest BCUT2D eigenvalue weighted by Crippen LogP contribution is 2.37. The van der Waals surface area contributed by atoms with Crippen molar-refractivity contribution in [3.63, 3.8) is 0 Å². The average molecular weight is 406 g/mol. The lowest BCUT2D eigenvalue weighted by atomic mass is 10.1. The summed E-state index contributed by atoms with van der Waals surface area (Å²) in [4.78, 5) is 4.34. The molecule has 0 aliphatic heterocycles. The van der Waals surface area contributed by atoms with Crippen LogP contribution in [0.4, 0.5) is 11.4 Å². The van der Waals surface area contributed by atoms with E-state index in [4.69, 9.17) is 25.8 Å². The first kappa shape index (κ1) is 20.4. The van der Waals surface area contributed by atoms with Gasteiger partial charge >= 0.3 is 0 Å². The largest absolute Gasteiger partial charge is 0.495 e. The standard InChI is InChI=1S/C19H16ClN3O3.ClH/c1-24-16-5-4-12(6-14(16)20)23-19-11(9-21)10-22-15-8-18(26-3)17(25-2)7-13(15)19;/h4-8,10H,1-3H3,(H,22,23);1H. The zero-order valence-corrected chi connectivity index (χ0v) is 16.4.